The molecule has 0 aliphatic heterocycles. The molecule has 2 rings (SSSR count). The number of benzene rings is 2. The van der Waals surface area contributed by atoms with E-state index in [-0.39, 0.29) is 0 Å². The van der Waals surface area contributed by atoms with Crippen LogP contribution < -0.4 is 15.5 Å². The zero-order valence-corrected chi connectivity index (χ0v) is 17.9. The van der Waals surface area contributed by atoms with Gasteiger partial charge in [-0.3, -0.25) is 5.43 Å². The van der Waals surface area contributed by atoms with Gasteiger partial charge >= 0.3 is 0 Å². The SMILES string of the molecule is CCNC(=S)NN=Cc1cc(Br)c(OCc2ccccc2C#N)c(Br)c1. The molecular weight excluding hydrogens is 480 g/mol. The quantitative estimate of drug-likeness (QED) is 0.351. The molecule has 5 nitrogen and oxygen atoms in total. The Balaban J connectivity index is 2.08. The van der Waals surface area contributed by atoms with Crippen LogP contribution in [0.4, 0.5) is 0 Å². The van der Waals surface area contributed by atoms with Crippen molar-refractivity contribution in [2.45, 2.75) is 13.5 Å². The average molecular weight is 496 g/mol. The molecule has 2 aromatic carbocycles. The van der Waals surface area contributed by atoms with Crippen LogP contribution in [0.25, 0.3) is 0 Å². The fraction of sp³-hybridized carbons (Fsp3) is 0.167. The number of nitriles is 1. The van der Waals surface area contributed by atoms with E-state index in [0.717, 1.165) is 26.6 Å². The molecule has 0 atom stereocenters. The second kappa shape index (κ2) is 10.3. The van der Waals surface area contributed by atoms with Gasteiger partial charge in [0.15, 0.2) is 5.11 Å². The largest absolute Gasteiger partial charge is 0.486 e. The van der Waals surface area contributed by atoms with Crippen LogP contribution in [0.1, 0.15) is 23.6 Å². The van der Waals surface area contributed by atoms with Crippen LogP contribution in [-0.4, -0.2) is 17.9 Å². The lowest BCUT2D eigenvalue weighted by molar-refractivity contribution is 0.302. The van der Waals surface area contributed by atoms with E-state index in [1.165, 1.54) is 0 Å². The van der Waals surface area contributed by atoms with E-state index in [1.807, 2.05) is 37.3 Å². The number of halogens is 2. The van der Waals surface area contributed by atoms with Crippen molar-refractivity contribution in [1.29, 1.82) is 5.26 Å². The predicted octanol–water partition coefficient (Wildman–Crippen LogP) is 4.48. The fourth-order valence-corrected chi connectivity index (χ4v) is 3.71. The maximum Gasteiger partial charge on any atom is 0.186 e. The van der Waals surface area contributed by atoms with Crippen molar-refractivity contribution < 1.29 is 4.74 Å². The maximum absolute atomic E-state index is 9.16. The Hall–Kier alpha value is -1.95. The molecule has 0 bridgehead atoms. The van der Waals surface area contributed by atoms with E-state index in [2.05, 4.69) is 53.8 Å². The average Bonchev–Trinajstić information content (AvgIpc) is 2.61. The van der Waals surface area contributed by atoms with E-state index in [0.29, 0.717) is 23.0 Å². The summed E-state index contributed by atoms with van der Waals surface area (Å²) in [6.45, 7) is 2.99. The first kappa shape index (κ1) is 20.4. The smallest absolute Gasteiger partial charge is 0.186 e. The van der Waals surface area contributed by atoms with E-state index in [1.54, 1.807) is 12.3 Å². The molecule has 26 heavy (non-hydrogen) atoms. The van der Waals surface area contributed by atoms with Crippen molar-refractivity contribution in [3.05, 3.63) is 62.0 Å². The van der Waals surface area contributed by atoms with Gasteiger partial charge in [-0.15, -0.1) is 0 Å². The summed E-state index contributed by atoms with van der Waals surface area (Å²) >= 11 is 12.1. The van der Waals surface area contributed by atoms with Gasteiger partial charge in [0.2, 0.25) is 0 Å². The van der Waals surface area contributed by atoms with Crippen LogP contribution in [0, 0.1) is 11.3 Å². The molecule has 134 valence electrons. The molecule has 0 radical (unpaired) electrons. The van der Waals surface area contributed by atoms with Crippen molar-refractivity contribution in [3.63, 3.8) is 0 Å². The van der Waals surface area contributed by atoms with Crippen LogP contribution in [-0.2, 0) is 6.61 Å². The number of hydrogen-bond acceptors (Lipinski definition) is 4. The molecule has 0 heterocycles. The molecule has 0 spiro atoms. The summed E-state index contributed by atoms with van der Waals surface area (Å²) in [7, 11) is 0. The Labute approximate surface area is 174 Å². The summed E-state index contributed by atoms with van der Waals surface area (Å²) < 4.78 is 7.44. The third-order valence-corrected chi connectivity index (χ3v) is 4.66. The second-order valence-electron chi connectivity index (χ2n) is 5.10. The standard InChI is InChI=1S/C18H16Br2N4OS/c1-2-22-18(26)24-23-10-12-7-15(19)17(16(20)8-12)25-11-14-6-4-3-5-13(14)9-21/h3-8,10H,2,11H2,1H3,(H2,22,24,26). The summed E-state index contributed by atoms with van der Waals surface area (Å²) in [4.78, 5) is 0. The Bertz CT molecular complexity index is 842. The van der Waals surface area contributed by atoms with Gasteiger partial charge in [0.1, 0.15) is 12.4 Å². The number of hydrazone groups is 1. The summed E-state index contributed by atoms with van der Waals surface area (Å²) in [5.41, 5.74) is 5.04. The van der Waals surface area contributed by atoms with Crippen molar-refractivity contribution in [2.24, 2.45) is 5.10 Å². The number of ether oxygens (including phenoxy) is 1. The zero-order chi connectivity index (χ0) is 18.9. The predicted molar refractivity (Wildman–Crippen MR) is 114 cm³/mol. The normalized spacial score (nSPS) is 10.4. The minimum atomic E-state index is 0.298. The van der Waals surface area contributed by atoms with Crippen LogP contribution >= 0.6 is 44.1 Å². The van der Waals surface area contributed by atoms with Gasteiger partial charge < -0.3 is 10.1 Å². The number of hydrogen-bond donors (Lipinski definition) is 2. The molecular formula is C18H16Br2N4OS. The molecule has 8 heteroatoms. The Morgan fingerprint density at radius 3 is 2.65 bits per heavy atom. The van der Waals surface area contributed by atoms with Gasteiger partial charge in [0, 0.05) is 12.1 Å². The molecule has 2 N–H and O–H groups in total. The Morgan fingerprint density at radius 2 is 2.00 bits per heavy atom. The first-order valence-corrected chi connectivity index (χ1v) is 9.71. The number of rotatable bonds is 6. The van der Waals surface area contributed by atoms with Crippen LogP contribution in [0.5, 0.6) is 5.75 Å². The van der Waals surface area contributed by atoms with Gasteiger partial charge in [-0.05, 0) is 74.8 Å². The van der Waals surface area contributed by atoms with Crippen LogP contribution in [0.15, 0.2) is 50.4 Å². The lowest BCUT2D eigenvalue weighted by Gasteiger charge is -2.12. The van der Waals surface area contributed by atoms with Crippen molar-refractivity contribution in [3.8, 4) is 11.8 Å². The van der Waals surface area contributed by atoms with E-state index in [4.69, 9.17) is 22.2 Å². The van der Waals surface area contributed by atoms with Gasteiger partial charge in [0.05, 0.1) is 26.8 Å². The summed E-state index contributed by atoms with van der Waals surface area (Å²) in [5, 5.41) is 16.7. The number of nitrogens with one attached hydrogen (secondary N) is 2. The minimum Gasteiger partial charge on any atom is -0.486 e. The first-order chi connectivity index (χ1) is 12.5. The fourth-order valence-electron chi connectivity index (χ4n) is 2.06. The van der Waals surface area contributed by atoms with E-state index in [9.17, 15) is 0 Å². The van der Waals surface area contributed by atoms with Crippen LogP contribution in [0.2, 0.25) is 0 Å². The lowest BCUT2D eigenvalue weighted by atomic mass is 10.1. The minimum absolute atomic E-state index is 0.298. The van der Waals surface area contributed by atoms with E-state index < -0.39 is 0 Å². The summed E-state index contributed by atoms with van der Waals surface area (Å²) in [5.74, 6) is 0.658. The molecule has 0 aliphatic carbocycles. The van der Waals surface area contributed by atoms with Gasteiger partial charge in [0.25, 0.3) is 0 Å². The van der Waals surface area contributed by atoms with Crippen molar-refractivity contribution in [2.75, 3.05) is 6.54 Å². The topological polar surface area (TPSA) is 69.4 Å². The maximum atomic E-state index is 9.16. The number of thiocarbonyl (C=S) groups is 1. The van der Waals surface area contributed by atoms with Gasteiger partial charge in [-0.2, -0.15) is 10.4 Å². The highest BCUT2D eigenvalue weighted by atomic mass is 79.9. The highest BCUT2D eigenvalue weighted by Crippen LogP contribution is 2.35. The highest BCUT2D eigenvalue weighted by Gasteiger charge is 2.10. The lowest BCUT2D eigenvalue weighted by Crippen LogP contribution is -2.31. The van der Waals surface area contributed by atoms with Crippen molar-refractivity contribution in [1.82, 2.24) is 10.7 Å². The van der Waals surface area contributed by atoms with Crippen LogP contribution in [0.3, 0.4) is 0 Å². The molecule has 0 saturated carbocycles. The molecule has 2 aromatic rings. The van der Waals surface area contributed by atoms with Gasteiger partial charge in [-0.1, -0.05) is 18.2 Å². The third kappa shape index (κ3) is 5.80. The summed E-state index contributed by atoms with van der Waals surface area (Å²) in [6, 6.07) is 13.3. The molecule has 0 saturated heterocycles. The third-order valence-electron chi connectivity index (χ3n) is 3.25. The van der Waals surface area contributed by atoms with Gasteiger partial charge in [-0.25, -0.2) is 0 Å². The Morgan fingerprint density at radius 1 is 1.31 bits per heavy atom. The van der Waals surface area contributed by atoms with Crippen molar-refractivity contribution >= 4 is 55.4 Å². The first-order valence-electron chi connectivity index (χ1n) is 7.72. The van der Waals surface area contributed by atoms with E-state index >= 15 is 0 Å². The highest BCUT2D eigenvalue weighted by molar-refractivity contribution is 9.11. The number of nitrogens with zero attached hydrogens (tertiary/aromatic N) is 2. The molecule has 0 fully saturated rings. The zero-order valence-electron chi connectivity index (χ0n) is 13.9. The Kier molecular flexibility index (Phi) is 8.04. The molecule has 0 aromatic heterocycles. The summed E-state index contributed by atoms with van der Waals surface area (Å²) in [6.07, 6.45) is 1.66. The monoisotopic (exact) mass is 494 g/mol. The molecule has 0 aliphatic rings. The second-order valence-corrected chi connectivity index (χ2v) is 7.22. The molecule has 0 amide bonds. The molecule has 0 unspecified atom stereocenters.